The van der Waals surface area contributed by atoms with E-state index in [0.717, 1.165) is 16.7 Å². The molecule has 6 rings (SSSR count). The molecule has 0 aliphatic carbocycles. The first kappa shape index (κ1) is 64.6. The number of halogens is 1. The molecular formula is C58H95FN6O14. The van der Waals surface area contributed by atoms with Crippen LogP contribution in [0, 0.1) is 17.8 Å². The van der Waals surface area contributed by atoms with Crippen LogP contribution in [-0.2, 0) is 49.2 Å². The van der Waals surface area contributed by atoms with E-state index in [1.807, 2.05) is 77.0 Å². The highest BCUT2D eigenvalue weighted by Crippen LogP contribution is 2.41. The predicted molar refractivity (Wildman–Crippen MR) is 293 cm³/mol. The van der Waals surface area contributed by atoms with Crippen molar-refractivity contribution in [3.63, 3.8) is 0 Å². The van der Waals surface area contributed by atoms with Crippen LogP contribution < -0.4 is 0 Å². The maximum absolute atomic E-state index is 15.0. The van der Waals surface area contributed by atoms with Crippen molar-refractivity contribution in [3.8, 4) is 0 Å². The van der Waals surface area contributed by atoms with Gasteiger partial charge in [0.15, 0.2) is 12.6 Å². The first-order chi connectivity index (χ1) is 37.2. The van der Waals surface area contributed by atoms with Crippen LogP contribution in [0.4, 0.5) is 4.39 Å². The van der Waals surface area contributed by atoms with Gasteiger partial charge in [-0.05, 0) is 111 Å². The van der Waals surface area contributed by atoms with Gasteiger partial charge in [0.25, 0.3) is 0 Å². The van der Waals surface area contributed by atoms with Crippen molar-refractivity contribution in [1.82, 2.24) is 29.7 Å². The molecule has 2 unspecified atom stereocenters. The SMILES string of the molecule is CC[C@H]1OC(=O)[C@H](C)[C@@H](OC2C[C@@](C)(OC)[C@@H](O)[C@H](C)O2)[C@H](C)[C@@H](OC2C[C@@H](N(C)CCc3cn([C@H](CF)[C@H](OC)c4ccc(C5=CCN(C(=O)CO)CC5)cc4)nn3)C[C@@H](C)O2)[C@](C)(O)C[C@@H](C)CN(C)[C@H](C)[C@@H](O)[C@]1(C)O. The molecule has 3 fully saturated rings. The number of esters is 1. The number of amides is 1. The Hall–Kier alpha value is -3.55. The number of aromatic nitrogens is 3. The molecule has 0 bridgehead atoms. The van der Waals surface area contributed by atoms with Crippen molar-refractivity contribution in [1.29, 1.82) is 0 Å². The van der Waals surface area contributed by atoms with E-state index in [-0.39, 0.29) is 43.2 Å². The van der Waals surface area contributed by atoms with Crippen LogP contribution in [0.25, 0.3) is 5.57 Å². The van der Waals surface area contributed by atoms with Gasteiger partial charge in [0, 0.05) is 83.9 Å². The second kappa shape index (κ2) is 27.7. The highest BCUT2D eigenvalue weighted by atomic mass is 19.1. The number of benzene rings is 1. The maximum Gasteiger partial charge on any atom is 0.311 e. The number of cyclic esters (lactones) is 1. The largest absolute Gasteiger partial charge is 0.459 e. The Morgan fingerprint density at radius 3 is 2.28 bits per heavy atom. The van der Waals surface area contributed by atoms with Crippen LogP contribution in [0.2, 0.25) is 0 Å². The second-order valence-electron chi connectivity index (χ2n) is 24.0. The minimum Gasteiger partial charge on any atom is -0.459 e. The summed E-state index contributed by atoms with van der Waals surface area (Å²) in [6, 6.07) is 6.40. The van der Waals surface area contributed by atoms with Crippen LogP contribution in [0.15, 0.2) is 36.5 Å². The Balaban J connectivity index is 1.21. The van der Waals surface area contributed by atoms with Crippen molar-refractivity contribution >= 4 is 17.4 Å². The van der Waals surface area contributed by atoms with Gasteiger partial charge in [-0.2, -0.15) is 0 Å². The molecule has 1 amide bonds. The third-order valence-corrected chi connectivity index (χ3v) is 17.7. The molecule has 1 aromatic heterocycles. The minimum absolute atomic E-state index is 0.0347. The standard InChI is InChI=1S/C58H95FN6O14/c1-15-46-58(10,72)52(68)38(6)63(12)31-34(2)28-56(8,71)54(36(4)50(37(5)55(70)77-46)78-49-29-57(9,74-14)53(69)39(7)76-49)79-48-27-44(26-35(3)75-48)62(11)23-22-43-32-65(61-60-43)45(30-59)51(73-13)42-18-16-40(17-19-42)41-20-24-64(25-21-41)47(67)33-66/h16-20,32,34-39,44-46,48-54,66,68-69,71-72H,15,21-31,33H2,1-14H3/t34-,35-,36+,37-,38-,39+,44+,45-,46-,48?,49?,50+,51-,52-,53+,54-,56-,57-,58-/m1/s1. The molecular weight excluding hydrogens is 1020 g/mol. The number of aliphatic hydroxyl groups is 5. The van der Waals surface area contributed by atoms with E-state index in [1.165, 1.54) is 18.7 Å². The molecule has 4 aliphatic rings. The highest BCUT2D eigenvalue weighted by Gasteiger charge is 2.52. The molecule has 4 aliphatic heterocycles. The lowest BCUT2D eigenvalue weighted by molar-refractivity contribution is -0.308. The van der Waals surface area contributed by atoms with Gasteiger partial charge in [-0.1, -0.05) is 56.3 Å². The number of hydrogen-bond acceptors (Lipinski definition) is 18. The summed E-state index contributed by atoms with van der Waals surface area (Å²) in [4.78, 5) is 32.3. The number of carbonyl (C=O) groups excluding carboxylic acids is 2. The van der Waals surface area contributed by atoms with Gasteiger partial charge in [0.1, 0.15) is 49.3 Å². The van der Waals surface area contributed by atoms with Crippen molar-refractivity contribution in [2.45, 2.75) is 211 Å². The van der Waals surface area contributed by atoms with E-state index in [2.05, 4.69) is 15.2 Å². The fraction of sp³-hybridized carbons (Fsp3) is 0.793. The third kappa shape index (κ3) is 15.4. The summed E-state index contributed by atoms with van der Waals surface area (Å²) in [5.41, 5.74) is -0.891. The zero-order valence-corrected chi connectivity index (χ0v) is 49.4. The Kier molecular flexibility index (Phi) is 22.6. The van der Waals surface area contributed by atoms with Crippen molar-refractivity contribution in [2.75, 3.05) is 67.8 Å². The zero-order valence-electron chi connectivity index (χ0n) is 49.4. The maximum atomic E-state index is 15.0. The Labute approximate surface area is 467 Å². The number of hydrogen-bond donors (Lipinski definition) is 5. The molecule has 2 aromatic rings. The molecule has 0 spiro atoms. The lowest BCUT2D eigenvalue weighted by Gasteiger charge is -2.48. The van der Waals surface area contributed by atoms with E-state index in [9.17, 15) is 35.1 Å². The first-order valence-corrected chi connectivity index (χ1v) is 28.5. The van der Waals surface area contributed by atoms with Crippen LogP contribution in [-0.4, -0.2) is 219 Å². The smallest absolute Gasteiger partial charge is 0.311 e. The fourth-order valence-electron chi connectivity index (χ4n) is 12.6. The number of ether oxygens (including phenoxy) is 7. The predicted octanol–water partition coefficient (Wildman–Crippen LogP) is 4.64. The van der Waals surface area contributed by atoms with Crippen LogP contribution in [0.5, 0.6) is 0 Å². The summed E-state index contributed by atoms with van der Waals surface area (Å²) in [5, 5.41) is 65.7. The molecule has 5 N–H and O–H groups in total. The summed E-state index contributed by atoms with van der Waals surface area (Å²) in [5.74, 6) is -2.90. The van der Waals surface area contributed by atoms with Gasteiger partial charge in [-0.3, -0.25) is 9.59 Å². The van der Waals surface area contributed by atoms with Crippen LogP contribution in [0.3, 0.4) is 0 Å². The minimum atomic E-state index is -1.83. The van der Waals surface area contributed by atoms with Crippen molar-refractivity contribution in [2.24, 2.45) is 17.8 Å². The number of methoxy groups -OCH3 is 2. The van der Waals surface area contributed by atoms with Gasteiger partial charge in [-0.25, -0.2) is 9.07 Å². The molecule has 1 aromatic carbocycles. The van der Waals surface area contributed by atoms with E-state index in [0.29, 0.717) is 57.6 Å². The molecule has 0 saturated carbocycles. The summed E-state index contributed by atoms with van der Waals surface area (Å²) >= 11 is 0. The monoisotopic (exact) mass is 1120 g/mol. The molecule has 448 valence electrons. The lowest BCUT2D eigenvalue weighted by atomic mass is 9.77. The summed E-state index contributed by atoms with van der Waals surface area (Å²) in [7, 11) is 6.94. The summed E-state index contributed by atoms with van der Waals surface area (Å²) in [6.45, 7) is 18.6. The van der Waals surface area contributed by atoms with Gasteiger partial charge >= 0.3 is 5.97 Å². The van der Waals surface area contributed by atoms with Gasteiger partial charge in [-0.15, -0.1) is 5.10 Å². The molecule has 0 radical (unpaired) electrons. The van der Waals surface area contributed by atoms with Gasteiger partial charge < -0.3 is 73.4 Å². The Bertz CT molecular complexity index is 2290. The third-order valence-electron chi connectivity index (χ3n) is 17.7. The quantitative estimate of drug-likeness (QED) is 0.136. The number of nitrogens with zero attached hydrogens (tertiary/aromatic N) is 6. The summed E-state index contributed by atoms with van der Waals surface area (Å²) < 4.78 is 61.2. The van der Waals surface area contributed by atoms with E-state index < -0.39 is 115 Å². The highest BCUT2D eigenvalue weighted by molar-refractivity contribution is 5.79. The number of likely N-dealkylation sites (N-methyl/N-ethyl adjacent to an activating group) is 2. The first-order valence-electron chi connectivity index (χ1n) is 28.5. The second-order valence-corrected chi connectivity index (χ2v) is 24.0. The average Bonchev–Trinajstić information content (AvgIpc) is 3.93. The topological polar surface area (TPSA) is 240 Å². The average molecular weight is 1120 g/mol. The molecule has 5 heterocycles. The Morgan fingerprint density at radius 1 is 0.975 bits per heavy atom. The molecule has 79 heavy (non-hydrogen) atoms. The van der Waals surface area contributed by atoms with Crippen molar-refractivity contribution < 1.29 is 72.7 Å². The zero-order chi connectivity index (χ0) is 58.3. The fourth-order valence-corrected chi connectivity index (χ4v) is 12.6. The number of alkyl halides is 1. The Morgan fingerprint density at radius 2 is 1.67 bits per heavy atom. The molecule has 20 nitrogen and oxygen atoms in total. The normalized spacial score (nSPS) is 37.7. The summed E-state index contributed by atoms with van der Waals surface area (Å²) in [6.07, 6.45) is -2.16. The number of aliphatic hydroxyl groups excluding tert-OH is 3. The molecule has 3 saturated heterocycles. The van der Waals surface area contributed by atoms with Gasteiger partial charge in [0.05, 0.1) is 47.2 Å². The number of carbonyl (C=O) groups is 2. The van der Waals surface area contributed by atoms with Crippen LogP contribution >= 0.6 is 0 Å². The van der Waals surface area contributed by atoms with E-state index >= 15 is 4.39 Å². The number of rotatable bonds is 17. The van der Waals surface area contributed by atoms with E-state index in [1.54, 1.807) is 52.8 Å². The lowest BCUT2D eigenvalue weighted by Crippen LogP contribution is -2.59. The van der Waals surface area contributed by atoms with Crippen LogP contribution in [0.1, 0.15) is 137 Å². The van der Waals surface area contributed by atoms with Crippen molar-refractivity contribution in [3.05, 3.63) is 53.4 Å². The van der Waals surface area contributed by atoms with Gasteiger partial charge in [0.2, 0.25) is 5.91 Å². The molecule has 19 atom stereocenters. The molecule has 21 heteroatoms. The van der Waals surface area contributed by atoms with E-state index in [4.69, 9.17) is 33.2 Å².